The second-order valence-electron chi connectivity index (χ2n) is 4.21. The molecule has 0 saturated heterocycles. The van der Waals surface area contributed by atoms with Gasteiger partial charge in [-0.2, -0.15) is 11.3 Å². The van der Waals surface area contributed by atoms with Gasteiger partial charge in [0.25, 0.3) is 0 Å². The van der Waals surface area contributed by atoms with Crippen LogP contribution >= 0.6 is 11.3 Å². The van der Waals surface area contributed by atoms with E-state index in [1.165, 1.54) is 16.7 Å². The maximum Gasteiger partial charge on any atom is 0.0222 e. The summed E-state index contributed by atoms with van der Waals surface area (Å²) in [5.41, 5.74) is 4.06. The summed E-state index contributed by atoms with van der Waals surface area (Å²) in [5.74, 6) is 0. The molecule has 2 heteroatoms. The predicted octanol–water partition coefficient (Wildman–Crippen LogP) is 3.91. The topological polar surface area (TPSA) is 12.0 Å². The maximum absolute atomic E-state index is 3.46. The van der Waals surface area contributed by atoms with E-state index >= 15 is 0 Å². The van der Waals surface area contributed by atoms with Crippen molar-refractivity contribution in [2.75, 3.05) is 0 Å². The molecule has 0 unspecified atom stereocenters. The fraction of sp³-hybridized carbons (Fsp3) is 0.286. The van der Waals surface area contributed by atoms with Crippen LogP contribution in [0.2, 0.25) is 0 Å². The molecule has 0 aliphatic heterocycles. The summed E-state index contributed by atoms with van der Waals surface area (Å²) < 4.78 is 0. The van der Waals surface area contributed by atoms with Gasteiger partial charge in [0, 0.05) is 12.6 Å². The summed E-state index contributed by atoms with van der Waals surface area (Å²) in [6.07, 6.45) is 0. The average Bonchev–Trinajstić information content (AvgIpc) is 2.75. The standard InChI is InChI=1S/C14H17NS/c1-11(2)15-8-13-9-16-10-14(13)12-6-4-3-5-7-12/h3-7,9-11,15H,8H2,1-2H3. The SMILES string of the molecule is CC(C)NCc1cscc1-c1ccccc1. The minimum Gasteiger partial charge on any atom is -0.310 e. The van der Waals surface area contributed by atoms with Crippen molar-refractivity contribution in [1.82, 2.24) is 5.32 Å². The normalized spacial score (nSPS) is 10.9. The van der Waals surface area contributed by atoms with Crippen LogP contribution in [-0.4, -0.2) is 6.04 Å². The van der Waals surface area contributed by atoms with E-state index < -0.39 is 0 Å². The first kappa shape index (κ1) is 11.4. The van der Waals surface area contributed by atoms with Crippen molar-refractivity contribution >= 4 is 11.3 Å². The van der Waals surface area contributed by atoms with Gasteiger partial charge in [-0.1, -0.05) is 44.2 Å². The second-order valence-corrected chi connectivity index (χ2v) is 4.96. The highest BCUT2D eigenvalue weighted by atomic mass is 32.1. The van der Waals surface area contributed by atoms with E-state index in [1.807, 2.05) is 0 Å². The second kappa shape index (κ2) is 5.28. The molecule has 1 nitrogen and oxygen atoms in total. The van der Waals surface area contributed by atoms with Gasteiger partial charge < -0.3 is 5.32 Å². The molecule has 84 valence electrons. The lowest BCUT2D eigenvalue weighted by molar-refractivity contribution is 0.590. The van der Waals surface area contributed by atoms with Gasteiger partial charge in [0.05, 0.1) is 0 Å². The average molecular weight is 231 g/mol. The van der Waals surface area contributed by atoms with Crippen LogP contribution in [0.3, 0.4) is 0 Å². The molecule has 0 spiro atoms. The van der Waals surface area contributed by atoms with Crippen molar-refractivity contribution in [3.8, 4) is 11.1 Å². The zero-order valence-electron chi connectivity index (χ0n) is 9.73. The third-order valence-corrected chi connectivity index (χ3v) is 3.32. The Morgan fingerprint density at radius 2 is 1.88 bits per heavy atom. The van der Waals surface area contributed by atoms with Gasteiger partial charge in [-0.3, -0.25) is 0 Å². The molecule has 0 aliphatic carbocycles. The Kier molecular flexibility index (Phi) is 3.75. The van der Waals surface area contributed by atoms with E-state index in [9.17, 15) is 0 Å². The van der Waals surface area contributed by atoms with Crippen LogP contribution in [0.4, 0.5) is 0 Å². The van der Waals surface area contributed by atoms with Crippen LogP contribution in [0.5, 0.6) is 0 Å². The lowest BCUT2D eigenvalue weighted by atomic mass is 10.0. The lowest BCUT2D eigenvalue weighted by Gasteiger charge is -2.09. The lowest BCUT2D eigenvalue weighted by Crippen LogP contribution is -2.21. The van der Waals surface area contributed by atoms with E-state index in [1.54, 1.807) is 11.3 Å². The van der Waals surface area contributed by atoms with E-state index in [-0.39, 0.29) is 0 Å². The Morgan fingerprint density at radius 3 is 2.56 bits per heavy atom. The molecule has 0 fully saturated rings. The van der Waals surface area contributed by atoms with Gasteiger partial charge in [-0.15, -0.1) is 0 Å². The summed E-state index contributed by atoms with van der Waals surface area (Å²) in [6, 6.07) is 11.1. The molecule has 0 bridgehead atoms. The van der Waals surface area contributed by atoms with Crippen LogP contribution in [0.1, 0.15) is 19.4 Å². The molecule has 2 rings (SSSR count). The van der Waals surface area contributed by atoms with Crippen LogP contribution < -0.4 is 5.32 Å². The Morgan fingerprint density at radius 1 is 1.12 bits per heavy atom. The molecular weight excluding hydrogens is 214 g/mol. The van der Waals surface area contributed by atoms with Crippen LogP contribution in [0.15, 0.2) is 41.1 Å². The molecule has 0 radical (unpaired) electrons. The first-order chi connectivity index (χ1) is 7.77. The highest BCUT2D eigenvalue weighted by molar-refractivity contribution is 7.08. The minimum absolute atomic E-state index is 0.531. The Hall–Kier alpha value is -1.12. The summed E-state index contributed by atoms with van der Waals surface area (Å²) >= 11 is 1.77. The largest absolute Gasteiger partial charge is 0.310 e. The van der Waals surface area contributed by atoms with Gasteiger partial charge in [-0.05, 0) is 27.5 Å². The number of rotatable bonds is 4. The number of hydrogen-bond donors (Lipinski definition) is 1. The van der Waals surface area contributed by atoms with Crippen LogP contribution in [-0.2, 0) is 6.54 Å². The number of benzene rings is 1. The molecule has 16 heavy (non-hydrogen) atoms. The third kappa shape index (κ3) is 2.71. The number of thiophene rings is 1. The summed E-state index contributed by atoms with van der Waals surface area (Å²) in [4.78, 5) is 0. The van der Waals surface area contributed by atoms with Gasteiger partial charge in [0.15, 0.2) is 0 Å². The summed E-state index contributed by atoms with van der Waals surface area (Å²) in [6.45, 7) is 5.30. The summed E-state index contributed by atoms with van der Waals surface area (Å²) in [5, 5.41) is 7.93. The van der Waals surface area contributed by atoms with Gasteiger partial charge in [0.2, 0.25) is 0 Å². The van der Waals surface area contributed by atoms with Gasteiger partial charge >= 0.3 is 0 Å². The van der Waals surface area contributed by atoms with Gasteiger partial charge in [0.1, 0.15) is 0 Å². The number of hydrogen-bond acceptors (Lipinski definition) is 2. The van der Waals surface area contributed by atoms with E-state index in [0.717, 1.165) is 6.54 Å². The van der Waals surface area contributed by atoms with Crippen molar-refractivity contribution in [2.24, 2.45) is 0 Å². The molecule has 0 atom stereocenters. The monoisotopic (exact) mass is 231 g/mol. The van der Waals surface area contributed by atoms with Crippen LogP contribution in [0.25, 0.3) is 11.1 Å². The fourth-order valence-electron chi connectivity index (χ4n) is 1.65. The van der Waals surface area contributed by atoms with Crippen LogP contribution in [0, 0.1) is 0 Å². The molecule has 1 N–H and O–H groups in total. The molecule has 1 heterocycles. The molecule has 0 aliphatic rings. The smallest absolute Gasteiger partial charge is 0.0222 e. The van der Waals surface area contributed by atoms with Crippen molar-refractivity contribution in [3.05, 3.63) is 46.7 Å². The molecular formula is C14H17NS. The first-order valence-corrected chi connectivity index (χ1v) is 6.55. The third-order valence-electron chi connectivity index (χ3n) is 2.53. The molecule has 1 aromatic carbocycles. The maximum atomic E-state index is 3.46. The molecule has 2 aromatic rings. The first-order valence-electron chi connectivity index (χ1n) is 5.61. The van der Waals surface area contributed by atoms with Crippen molar-refractivity contribution in [3.63, 3.8) is 0 Å². The predicted molar refractivity (Wildman–Crippen MR) is 71.7 cm³/mol. The zero-order chi connectivity index (χ0) is 11.4. The molecule has 1 aromatic heterocycles. The van der Waals surface area contributed by atoms with E-state index in [0.29, 0.717) is 6.04 Å². The van der Waals surface area contributed by atoms with Crippen molar-refractivity contribution in [2.45, 2.75) is 26.4 Å². The molecule has 0 amide bonds. The minimum atomic E-state index is 0.531. The summed E-state index contributed by atoms with van der Waals surface area (Å²) in [7, 11) is 0. The molecule has 0 saturated carbocycles. The fourth-order valence-corrected chi connectivity index (χ4v) is 2.51. The highest BCUT2D eigenvalue weighted by Crippen LogP contribution is 2.27. The van der Waals surface area contributed by atoms with Crippen molar-refractivity contribution in [1.29, 1.82) is 0 Å². The van der Waals surface area contributed by atoms with E-state index in [4.69, 9.17) is 0 Å². The number of nitrogens with one attached hydrogen (secondary N) is 1. The Labute approximate surface area is 101 Å². The van der Waals surface area contributed by atoms with Crippen molar-refractivity contribution < 1.29 is 0 Å². The Balaban J connectivity index is 2.19. The quantitative estimate of drug-likeness (QED) is 0.841. The van der Waals surface area contributed by atoms with E-state index in [2.05, 4.69) is 60.3 Å². The Bertz CT molecular complexity index is 431. The zero-order valence-corrected chi connectivity index (χ0v) is 10.6. The van der Waals surface area contributed by atoms with Gasteiger partial charge in [-0.25, -0.2) is 0 Å². The highest BCUT2D eigenvalue weighted by Gasteiger charge is 2.05.